The smallest absolute Gasteiger partial charge is 0.0850 e. The third-order valence-corrected chi connectivity index (χ3v) is 0.737. The van der Waals surface area contributed by atoms with E-state index in [4.69, 9.17) is 11.7 Å². The summed E-state index contributed by atoms with van der Waals surface area (Å²) < 4.78 is 0. The first-order valence-corrected chi connectivity index (χ1v) is 2.37. The Morgan fingerprint density at radius 1 is 1.88 bits per heavy atom. The summed E-state index contributed by atoms with van der Waals surface area (Å²) in [4.78, 5) is 0. The van der Waals surface area contributed by atoms with Crippen LogP contribution in [0.4, 0.5) is 0 Å². The van der Waals surface area contributed by atoms with Crippen molar-refractivity contribution in [3.05, 3.63) is 0 Å². The second-order valence-electron chi connectivity index (χ2n) is 1.43. The molecule has 2 nitrogen and oxygen atoms in total. The Bertz CT molecular complexity index is 126. The number of nitrogens with one attached hydrogen (secondary N) is 1. The Balaban J connectivity index is 3.18. The van der Waals surface area contributed by atoms with E-state index in [0.29, 0.717) is 6.54 Å². The minimum Gasteiger partial charge on any atom is -0.291 e. The van der Waals surface area contributed by atoms with Gasteiger partial charge in [0.15, 0.2) is 0 Å². The van der Waals surface area contributed by atoms with Gasteiger partial charge in [0, 0.05) is 0 Å². The summed E-state index contributed by atoms with van der Waals surface area (Å²) in [7, 11) is 0. The van der Waals surface area contributed by atoms with Crippen molar-refractivity contribution in [2.24, 2.45) is 0 Å². The fraction of sp³-hybridized carbons (Fsp3) is 0.500. The molecule has 0 aliphatic heterocycles. The Kier molecular flexibility index (Phi) is 3.66. The van der Waals surface area contributed by atoms with Crippen LogP contribution in [0.15, 0.2) is 0 Å². The molecule has 0 aromatic carbocycles. The van der Waals surface area contributed by atoms with Gasteiger partial charge < -0.3 is 0 Å². The second-order valence-corrected chi connectivity index (χ2v) is 1.43. The first-order valence-electron chi connectivity index (χ1n) is 2.37. The molecule has 0 spiro atoms. The molecule has 0 fully saturated rings. The lowest BCUT2D eigenvalue weighted by molar-refractivity contribution is 0.708. The fourth-order valence-electron chi connectivity index (χ4n) is 0.258. The van der Waals surface area contributed by atoms with Gasteiger partial charge in [-0.1, -0.05) is 5.92 Å². The monoisotopic (exact) mass is 108 g/mol. The van der Waals surface area contributed by atoms with Crippen LogP contribution in [0.1, 0.15) is 6.92 Å². The van der Waals surface area contributed by atoms with Gasteiger partial charge in [-0.15, -0.1) is 6.42 Å². The van der Waals surface area contributed by atoms with Crippen molar-refractivity contribution in [2.45, 2.75) is 13.0 Å². The summed E-state index contributed by atoms with van der Waals surface area (Å²) in [6.45, 7) is 2.16. The number of nitriles is 1. The molecule has 42 valence electrons. The molecule has 2 heteroatoms. The Morgan fingerprint density at radius 2 is 2.50 bits per heavy atom. The predicted octanol–water partition coefficient (Wildman–Crippen LogP) is 0.121. The second kappa shape index (κ2) is 4.18. The largest absolute Gasteiger partial charge is 0.291 e. The van der Waals surface area contributed by atoms with Crippen LogP contribution in [0.3, 0.4) is 0 Å². The first kappa shape index (κ1) is 7.01. The van der Waals surface area contributed by atoms with Gasteiger partial charge in [0.25, 0.3) is 0 Å². The summed E-state index contributed by atoms with van der Waals surface area (Å²) in [5.41, 5.74) is 0. The van der Waals surface area contributed by atoms with Gasteiger partial charge in [0.1, 0.15) is 0 Å². The van der Waals surface area contributed by atoms with Crippen LogP contribution in [0, 0.1) is 23.7 Å². The van der Waals surface area contributed by atoms with Crippen LogP contribution in [0.2, 0.25) is 0 Å². The molecule has 0 saturated carbocycles. The number of nitrogens with zero attached hydrogens (tertiary/aromatic N) is 1. The third-order valence-electron chi connectivity index (χ3n) is 0.737. The van der Waals surface area contributed by atoms with Crippen molar-refractivity contribution >= 4 is 0 Å². The lowest BCUT2D eigenvalue weighted by atomic mass is 10.4. The molecule has 0 saturated heterocycles. The van der Waals surface area contributed by atoms with Crippen molar-refractivity contribution < 1.29 is 0 Å². The van der Waals surface area contributed by atoms with E-state index in [1.807, 2.05) is 13.0 Å². The lowest BCUT2D eigenvalue weighted by Crippen LogP contribution is -2.24. The highest BCUT2D eigenvalue weighted by Crippen LogP contribution is 1.71. The summed E-state index contributed by atoms with van der Waals surface area (Å²) in [5, 5.41) is 10.8. The van der Waals surface area contributed by atoms with Gasteiger partial charge in [-0.05, 0) is 6.92 Å². The predicted molar refractivity (Wildman–Crippen MR) is 31.9 cm³/mol. The molecule has 0 amide bonds. The highest BCUT2D eigenvalue weighted by molar-refractivity contribution is 4.97. The number of rotatable bonds is 2. The zero-order chi connectivity index (χ0) is 6.41. The van der Waals surface area contributed by atoms with E-state index in [0.717, 1.165) is 0 Å². The molecular formula is C6H8N2. The number of terminal acetylenes is 1. The van der Waals surface area contributed by atoms with Gasteiger partial charge in [-0.25, -0.2) is 0 Å². The summed E-state index contributed by atoms with van der Waals surface area (Å²) in [5.74, 6) is 2.44. The van der Waals surface area contributed by atoms with Crippen LogP contribution in [-0.2, 0) is 0 Å². The maximum absolute atomic E-state index is 8.03. The highest BCUT2D eigenvalue weighted by atomic mass is 14.9. The minimum atomic E-state index is 0.00894. The fourth-order valence-corrected chi connectivity index (χ4v) is 0.258. The van der Waals surface area contributed by atoms with E-state index < -0.39 is 0 Å². The van der Waals surface area contributed by atoms with Crippen LogP contribution >= 0.6 is 0 Å². The zero-order valence-electron chi connectivity index (χ0n) is 4.81. The standard InChI is InChI=1S/C6H8N2/c1-3-6(2)8-5-4-7/h1,6,8H,5H2,2H3. The summed E-state index contributed by atoms with van der Waals surface area (Å²) >= 11 is 0. The normalized spacial score (nSPS) is 11.4. The highest BCUT2D eigenvalue weighted by Gasteiger charge is 1.89. The van der Waals surface area contributed by atoms with E-state index in [1.54, 1.807) is 0 Å². The minimum absolute atomic E-state index is 0.00894. The van der Waals surface area contributed by atoms with Crippen molar-refractivity contribution in [1.29, 1.82) is 5.26 Å². The average Bonchev–Trinajstić information content (AvgIpc) is 1.83. The van der Waals surface area contributed by atoms with E-state index in [1.165, 1.54) is 0 Å². The van der Waals surface area contributed by atoms with E-state index in [-0.39, 0.29) is 6.04 Å². The summed E-state index contributed by atoms with van der Waals surface area (Å²) in [6, 6.07) is 1.94. The zero-order valence-corrected chi connectivity index (χ0v) is 4.81. The van der Waals surface area contributed by atoms with Crippen LogP contribution in [0.25, 0.3) is 0 Å². The SMILES string of the molecule is C#CC(C)NCC#N. The molecule has 0 rings (SSSR count). The Labute approximate surface area is 49.5 Å². The van der Waals surface area contributed by atoms with Crippen molar-refractivity contribution in [1.82, 2.24) is 5.32 Å². The third kappa shape index (κ3) is 3.21. The lowest BCUT2D eigenvalue weighted by Gasteiger charge is -1.98. The molecule has 0 heterocycles. The van der Waals surface area contributed by atoms with Crippen molar-refractivity contribution in [2.75, 3.05) is 6.54 Å². The molecule has 0 radical (unpaired) electrons. The molecule has 1 atom stereocenters. The first-order chi connectivity index (χ1) is 3.81. The molecule has 0 aliphatic carbocycles. The molecule has 0 aliphatic rings. The molecule has 1 unspecified atom stereocenters. The summed E-state index contributed by atoms with van der Waals surface area (Å²) in [6.07, 6.45) is 4.99. The topological polar surface area (TPSA) is 35.8 Å². The maximum atomic E-state index is 8.03. The molecule has 1 N–H and O–H groups in total. The van der Waals surface area contributed by atoms with Gasteiger partial charge in [-0.3, -0.25) is 5.32 Å². The van der Waals surface area contributed by atoms with Crippen molar-refractivity contribution in [3.63, 3.8) is 0 Å². The average molecular weight is 108 g/mol. The molecule has 8 heavy (non-hydrogen) atoms. The Hall–Kier alpha value is -0.990. The van der Waals surface area contributed by atoms with Crippen LogP contribution in [0.5, 0.6) is 0 Å². The molecule has 0 bridgehead atoms. The van der Waals surface area contributed by atoms with E-state index >= 15 is 0 Å². The molecule has 0 aromatic rings. The van der Waals surface area contributed by atoms with E-state index in [9.17, 15) is 0 Å². The quantitative estimate of drug-likeness (QED) is 0.403. The van der Waals surface area contributed by atoms with Gasteiger partial charge in [0.05, 0.1) is 18.7 Å². The van der Waals surface area contributed by atoms with Gasteiger partial charge in [0.2, 0.25) is 0 Å². The molecule has 0 aromatic heterocycles. The van der Waals surface area contributed by atoms with Crippen molar-refractivity contribution in [3.8, 4) is 18.4 Å². The van der Waals surface area contributed by atoms with E-state index in [2.05, 4.69) is 11.2 Å². The Morgan fingerprint density at radius 3 is 2.88 bits per heavy atom. The number of hydrogen-bond acceptors (Lipinski definition) is 2. The molecular weight excluding hydrogens is 100 g/mol. The van der Waals surface area contributed by atoms with Crippen LogP contribution in [-0.4, -0.2) is 12.6 Å². The number of hydrogen-bond donors (Lipinski definition) is 1. The van der Waals surface area contributed by atoms with Gasteiger partial charge in [-0.2, -0.15) is 5.26 Å². The van der Waals surface area contributed by atoms with Gasteiger partial charge >= 0.3 is 0 Å². The van der Waals surface area contributed by atoms with Crippen LogP contribution < -0.4 is 5.32 Å². The maximum Gasteiger partial charge on any atom is 0.0850 e.